The summed E-state index contributed by atoms with van der Waals surface area (Å²) in [5, 5.41) is 0. The first-order valence-electron chi connectivity index (χ1n) is 8.36. The van der Waals surface area contributed by atoms with Crippen molar-refractivity contribution >= 4 is 5.82 Å². The summed E-state index contributed by atoms with van der Waals surface area (Å²) in [5.74, 6) is 2.00. The Bertz CT molecular complexity index is 751. The van der Waals surface area contributed by atoms with E-state index in [1.165, 1.54) is 6.33 Å². The molecule has 0 aliphatic carbocycles. The van der Waals surface area contributed by atoms with Crippen LogP contribution in [-0.4, -0.2) is 58.4 Å². The van der Waals surface area contributed by atoms with Crippen molar-refractivity contribution in [3.8, 4) is 11.8 Å². The Kier molecular flexibility index (Phi) is 4.12. The fourth-order valence-corrected chi connectivity index (χ4v) is 3.40. The second kappa shape index (κ2) is 6.44. The van der Waals surface area contributed by atoms with Gasteiger partial charge in [-0.25, -0.2) is 15.0 Å². The molecule has 0 unspecified atom stereocenters. The normalized spacial score (nSPS) is 21.7. The number of hydrogen-bond acceptors (Lipinski definition) is 8. The summed E-state index contributed by atoms with van der Waals surface area (Å²) in [4.78, 5) is 19.0. The smallest absolute Gasteiger partial charge is 0.232 e. The van der Waals surface area contributed by atoms with Crippen LogP contribution in [0.1, 0.15) is 18.5 Å². The molecule has 2 saturated heterocycles. The summed E-state index contributed by atoms with van der Waals surface area (Å²) >= 11 is 0. The van der Waals surface area contributed by atoms with E-state index in [9.17, 15) is 0 Å². The predicted molar refractivity (Wildman–Crippen MR) is 89.9 cm³/mol. The lowest BCUT2D eigenvalue weighted by Crippen LogP contribution is -2.66. The van der Waals surface area contributed by atoms with Crippen molar-refractivity contribution in [1.82, 2.24) is 19.9 Å². The highest BCUT2D eigenvalue weighted by Gasteiger charge is 2.48. The number of aromatic nitrogens is 4. The minimum atomic E-state index is -0.182. The van der Waals surface area contributed by atoms with Gasteiger partial charge >= 0.3 is 0 Å². The van der Waals surface area contributed by atoms with Crippen molar-refractivity contribution < 1.29 is 14.2 Å². The van der Waals surface area contributed by atoms with Gasteiger partial charge in [0.2, 0.25) is 11.8 Å². The molecule has 132 valence electrons. The third-order valence-electron chi connectivity index (χ3n) is 4.59. The monoisotopic (exact) mass is 343 g/mol. The molecule has 4 rings (SSSR count). The average Bonchev–Trinajstić information content (AvgIpc) is 2.60. The molecule has 8 nitrogen and oxygen atoms in total. The molecular weight excluding hydrogens is 322 g/mol. The largest absolute Gasteiger partial charge is 0.481 e. The molecule has 4 heterocycles. The molecule has 2 fully saturated rings. The van der Waals surface area contributed by atoms with Gasteiger partial charge in [0, 0.05) is 25.1 Å². The van der Waals surface area contributed by atoms with Gasteiger partial charge in [-0.3, -0.25) is 4.98 Å². The van der Waals surface area contributed by atoms with Crippen molar-refractivity contribution in [2.24, 2.45) is 0 Å². The van der Waals surface area contributed by atoms with Crippen molar-refractivity contribution in [3.05, 3.63) is 30.5 Å². The molecule has 0 N–H and O–H groups in total. The third kappa shape index (κ3) is 3.34. The molecule has 1 atom stereocenters. The minimum Gasteiger partial charge on any atom is -0.481 e. The van der Waals surface area contributed by atoms with Crippen molar-refractivity contribution in [2.45, 2.75) is 31.5 Å². The van der Waals surface area contributed by atoms with Gasteiger partial charge in [0.05, 0.1) is 38.7 Å². The minimum absolute atomic E-state index is 0.0898. The Morgan fingerprint density at radius 1 is 1.24 bits per heavy atom. The van der Waals surface area contributed by atoms with E-state index < -0.39 is 0 Å². The second-order valence-corrected chi connectivity index (χ2v) is 6.54. The summed E-state index contributed by atoms with van der Waals surface area (Å²) in [7, 11) is 1.60. The van der Waals surface area contributed by atoms with Gasteiger partial charge in [0.1, 0.15) is 23.9 Å². The molecule has 1 spiro atoms. The molecule has 2 aromatic heterocycles. The Morgan fingerprint density at radius 2 is 2.12 bits per heavy atom. The van der Waals surface area contributed by atoms with Crippen LogP contribution in [-0.2, 0) is 4.74 Å². The van der Waals surface area contributed by atoms with Gasteiger partial charge in [0.15, 0.2) is 0 Å². The van der Waals surface area contributed by atoms with Crippen molar-refractivity contribution in [1.29, 1.82) is 0 Å². The summed E-state index contributed by atoms with van der Waals surface area (Å²) in [6.45, 7) is 4.16. The number of nitrogens with zero attached hydrogens (tertiary/aromatic N) is 5. The zero-order valence-electron chi connectivity index (χ0n) is 14.4. The van der Waals surface area contributed by atoms with E-state index >= 15 is 0 Å². The van der Waals surface area contributed by atoms with E-state index in [2.05, 4.69) is 24.8 Å². The first-order valence-corrected chi connectivity index (χ1v) is 8.36. The molecule has 8 heteroatoms. The first kappa shape index (κ1) is 16.0. The van der Waals surface area contributed by atoms with Gasteiger partial charge in [-0.2, -0.15) is 0 Å². The zero-order chi connectivity index (χ0) is 17.3. The number of anilines is 1. The van der Waals surface area contributed by atoms with Gasteiger partial charge in [-0.1, -0.05) is 0 Å². The molecular formula is C17H21N5O3. The van der Waals surface area contributed by atoms with E-state index in [1.807, 2.05) is 13.0 Å². The van der Waals surface area contributed by atoms with Crippen molar-refractivity contribution in [2.75, 3.05) is 31.7 Å². The molecule has 25 heavy (non-hydrogen) atoms. The number of ether oxygens (including phenoxy) is 3. The quantitative estimate of drug-likeness (QED) is 0.824. The first-order chi connectivity index (χ1) is 12.2. The van der Waals surface area contributed by atoms with Gasteiger partial charge in [0.25, 0.3) is 0 Å². The average molecular weight is 343 g/mol. The molecule has 0 radical (unpaired) electrons. The van der Waals surface area contributed by atoms with E-state index in [0.29, 0.717) is 18.4 Å². The number of aryl methyl sites for hydroxylation is 1. The Labute approximate surface area is 146 Å². The molecule has 2 aliphatic rings. The summed E-state index contributed by atoms with van der Waals surface area (Å²) in [5.41, 5.74) is 0.671. The summed E-state index contributed by atoms with van der Waals surface area (Å²) in [6.07, 6.45) is 6.68. The summed E-state index contributed by atoms with van der Waals surface area (Å²) < 4.78 is 17.3. The molecule has 0 saturated carbocycles. The topological polar surface area (TPSA) is 82.5 Å². The second-order valence-electron chi connectivity index (χ2n) is 6.54. The maximum Gasteiger partial charge on any atom is 0.232 e. The fraction of sp³-hybridized carbons (Fsp3) is 0.529. The SMILES string of the molecule is COc1cc(N2CC3(C[C@H](Oc4cncc(C)n4)CCO3)C2)ncn1. The van der Waals surface area contributed by atoms with Crippen LogP contribution in [0.2, 0.25) is 0 Å². The highest BCUT2D eigenvalue weighted by atomic mass is 16.5. The van der Waals surface area contributed by atoms with Crippen LogP contribution in [0, 0.1) is 6.92 Å². The lowest BCUT2D eigenvalue weighted by molar-refractivity contribution is -0.126. The molecule has 0 aromatic carbocycles. The standard InChI is InChI=1S/C17H21N5O3/c1-12-7-18-8-16(21-12)25-13-3-4-24-17(6-13)9-22(10-17)14-5-15(23-2)20-11-19-14/h5,7-8,11,13H,3-4,6,9-10H2,1-2H3/t13-/m1/s1. The predicted octanol–water partition coefficient (Wildman–Crippen LogP) is 1.40. The molecule has 2 aromatic rings. The number of hydrogen-bond donors (Lipinski definition) is 0. The number of rotatable bonds is 4. The lowest BCUT2D eigenvalue weighted by Gasteiger charge is -2.53. The van der Waals surface area contributed by atoms with Crippen LogP contribution in [0.4, 0.5) is 5.82 Å². The molecule has 2 aliphatic heterocycles. The fourth-order valence-electron chi connectivity index (χ4n) is 3.40. The van der Waals surface area contributed by atoms with Crippen LogP contribution in [0.3, 0.4) is 0 Å². The maximum atomic E-state index is 6.07. The van der Waals surface area contributed by atoms with Crippen molar-refractivity contribution in [3.63, 3.8) is 0 Å². The van der Waals surface area contributed by atoms with Gasteiger partial charge in [-0.05, 0) is 6.92 Å². The highest BCUT2D eigenvalue weighted by molar-refractivity contribution is 5.46. The highest BCUT2D eigenvalue weighted by Crippen LogP contribution is 2.37. The van der Waals surface area contributed by atoms with Crippen LogP contribution < -0.4 is 14.4 Å². The number of methoxy groups -OCH3 is 1. The lowest BCUT2D eigenvalue weighted by atomic mass is 9.84. The molecule has 0 bridgehead atoms. The Balaban J connectivity index is 1.39. The zero-order valence-corrected chi connectivity index (χ0v) is 14.4. The molecule has 0 amide bonds. The van der Waals surface area contributed by atoms with Gasteiger partial charge in [-0.15, -0.1) is 0 Å². The van der Waals surface area contributed by atoms with Gasteiger partial charge < -0.3 is 19.1 Å². The summed E-state index contributed by atoms with van der Waals surface area (Å²) in [6, 6.07) is 1.84. The van der Waals surface area contributed by atoms with Crippen LogP contribution in [0.15, 0.2) is 24.8 Å². The van der Waals surface area contributed by atoms with Crippen LogP contribution in [0.5, 0.6) is 11.8 Å². The van der Waals surface area contributed by atoms with E-state index in [0.717, 1.165) is 37.4 Å². The van der Waals surface area contributed by atoms with E-state index in [-0.39, 0.29) is 11.7 Å². The van der Waals surface area contributed by atoms with E-state index in [4.69, 9.17) is 14.2 Å². The Hall–Kier alpha value is -2.48. The Morgan fingerprint density at radius 3 is 2.92 bits per heavy atom. The van der Waals surface area contributed by atoms with E-state index in [1.54, 1.807) is 19.5 Å². The third-order valence-corrected chi connectivity index (χ3v) is 4.59. The van der Waals surface area contributed by atoms with Crippen LogP contribution >= 0.6 is 0 Å². The van der Waals surface area contributed by atoms with Crippen LogP contribution in [0.25, 0.3) is 0 Å². The maximum absolute atomic E-state index is 6.07.